The summed E-state index contributed by atoms with van der Waals surface area (Å²) in [5.41, 5.74) is 0. The first-order valence-corrected chi connectivity index (χ1v) is 3.05. The third-order valence-electron chi connectivity index (χ3n) is 0.403. The van der Waals surface area contributed by atoms with E-state index in [9.17, 15) is 8.78 Å². The van der Waals surface area contributed by atoms with Crippen molar-refractivity contribution in [3.63, 3.8) is 0 Å². The lowest BCUT2D eigenvalue weighted by Gasteiger charge is -1.86. The van der Waals surface area contributed by atoms with Crippen LogP contribution in [-0.2, 0) is 0 Å². The molecule has 0 aromatic heterocycles. The number of hydrogen-bond donors (Lipinski definition) is 0. The summed E-state index contributed by atoms with van der Waals surface area (Å²) in [6.45, 7) is 0. The van der Waals surface area contributed by atoms with E-state index in [4.69, 9.17) is 0 Å². The zero-order chi connectivity index (χ0) is 5.70. The van der Waals surface area contributed by atoms with Crippen molar-refractivity contribution in [2.45, 2.75) is 10.6 Å². The van der Waals surface area contributed by atoms with E-state index in [2.05, 4.69) is 0 Å². The lowest BCUT2D eigenvalue weighted by Crippen LogP contribution is -1.79. The Bertz CT molecular complexity index is 60.7. The highest BCUT2D eigenvalue weighted by atomic mass is 127. The number of alkyl halides is 2. The van der Waals surface area contributed by atoms with Gasteiger partial charge in [0, 0.05) is 6.42 Å². The fraction of sp³-hybridized carbons (Fsp3) is 0.500. The molecular weight excluding hydrogens is 213 g/mol. The maximum Gasteiger partial charge on any atom is 0.154 e. The zero-order valence-corrected chi connectivity index (χ0v) is 5.73. The van der Waals surface area contributed by atoms with Crippen LogP contribution in [0.1, 0.15) is 6.42 Å². The Hall–Kier alpha value is 0.330. The van der Waals surface area contributed by atoms with Crippen LogP contribution in [-0.4, -0.2) is 4.18 Å². The Balaban J connectivity index is 2.97. The van der Waals surface area contributed by atoms with Crippen molar-refractivity contribution in [2.24, 2.45) is 0 Å². The fourth-order valence-electron chi connectivity index (χ4n) is 0.154. The minimum absolute atomic E-state index is 0.164. The molecule has 3 heteroatoms. The van der Waals surface area contributed by atoms with Gasteiger partial charge in [-0.15, -0.1) is 0 Å². The minimum atomic E-state index is -0.954. The highest BCUT2D eigenvalue weighted by molar-refractivity contribution is 14.1. The van der Waals surface area contributed by atoms with Gasteiger partial charge in [-0.2, -0.15) is 0 Å². The van der Waals surface area contributed by atoms with E-state index < -0.39 is 4.18 Å². The third kappa shape index (κ3) is 6.33. The summed E-state index contributed by atoms with van der Waals surface area (Å²) >= 11 is 1.58. The highest BCUT2D eigenvalue weighted by Crippen LogP contribution is 2.06. The van der Waals surface area contributed by atoms with Crippen LogP contribution in [0.4, 0.5) is 8.78 Å². The predicted octanol–water partition coefficient (Wildman–Crippen LogP) is 2.59. The van der Waals surface area contributed by atoms with Gasteiger partial charge in [-0.25, -0.2) is 8.78 Å². The van der Waals surface area contributed by atoms with E-state index in [1.54, 1.807) is 22.6 Å². The van der Waals surface area contributed by atoms with Gasteiger partial charge in [0.1, 0.15) is 0 Å². The SMILES string of the molecule is F/C=C/CC(F)I. The third-order valence-corrected chi connectivity index (χ3v) is 0.912. The summed E-state index contributed by atoms with van der Waals surface area (Å²) in [5.74, 6) is 0. The molecule has 0 N–H and O–H groups in total. The molecule has 0 fully saturated rings. The molecule has 1 unspecified atom stereocenters. The van der Waals surface area contributed by atoms with Gasteiger partial charge < -0.3 is 0 Å². The molecule has 0 heterocycles. The van der Waals surface area contributed by atoms with Gasteiger partial charge in [0.15, 0.2) is 4.18 Å². The normalized spacial score (nSPS) is 15.3. The molecule has 0 nitrogen and oxygen atoms in total. The van der Waals surface area contributed by atoms with Crippen molar-refractivity contribution in [3.8, 4) is 0 Å². The van der Waals surface area contributed by atoms with Crippen LogP contribution in [0.5, 0.6) is 0 Å². The monoisotopic (exact) mass is 218 g/mol. The largest absolute Gasteiger partial charge is 0.236 e. The van der Waals surface area contributed by atoms with E-state index in [0.717, 1.165) is 6.08 Å². The molecular formula is C4H5F2I. The van der Waals surface area contributed by atoms with Crippen LogP contribution in [0.15, 0.2) is 12.4 Å². The van der Waals surface area contributed by atoms with Crippen LogP contribution in [0, 0.1) is 0 Å². The molecule has 0 radical (unpaired) electrons. The Labute approximate surface area is 54.7 Å². The average Bonchev–Trinajstić information content (AvgIpc) is 1.61. The number of hydrogen-bond acceptors (Lipinski definition) is 0. The highest BCUT2D eigenvalue weighted by Gasteiger charge is 1.92. The lowest BCUT2D eigenvalue weighted by molar-refractivity contribution is 0.475. The molecule has 0 aromatic rings. The first-order chi connectivity index (χ1) is 3.27. The molecule has 1 atom stereocenters. The summed E-state index contributed by atoms with van der Waals surface area (Å²) in [4.78, 5) is 0. The smallest absolute Gasteiger partial charge is 0.154 e. The molecule has 0 amide bonds. The summed E-state index contributed by atoms with van der Waals surface area (Å²) in [6.07, 6.45) is 1.67. The quantitative estimate of drug-likeness (QED) is 0.493. The molecule has 42 valence electrons. The standard InChI is InChI=1S/C4H5F2I/c5-3-1-2-4(6)7/h1,3-4H,2H2/b3-1+. The second-order valence-corrected chi connectivity index (χ2v) is 2.34. The van der Waals surface area contributed by atoms with E-state index in [-0.39, 0.29) is 6.42 Å². The van der Waals surface area contributed by atoms with Gasteiger partial charge in [-0.1, -0.05) is 6.08 Å². The van der Waals surface area contributed by atoms with Crippen molar-refractivity contribution in [1.29, 1.82) is 0 Å². The summed E-state index contributed by atoms with van der Waals surface area (Å²) < 4.78 is 21.7. The van der Waals surface area contributed by atoms with Crippen molar-refractivity contribution in [3.05, 3.63) is 12.4 Å². The van der Waals surface area contributed by atoms with Gasteiger partial charge in [0.25, 0.3) is 0 Å². The van der Waals surface area contributed by atoms with Crippen LogP contribution in [0.3, 0.4) is 0 Å². The molecule has 0 aliphatic heterocycles. The van der Waals surface area contributed by atoms with Gasteiger partial charge in [0.2, 0.25) is 0 Å². The van der Waals surface area contributed by atoms with Gasteiger partial charge in [-0.3, -0.25) is 0 Å². The van der Waals surface area contributed by atoms with E-state index in [1.807, 2.05) is 0 Å². The van der Waals surface area contributed by atoms with E-state index in [0.29, 0.717) is 6.33 Å². The van der Waals surface area contributed by atoms with Crippen molar-refractivity contribution < 1.29 is 8.78 Å². The van der Waals surface area contributed by atoms with Crippen LogP contribution in [0.2, 0.25) is 0 Å². The molecule has 0 saturated carbocycles. The number of rotatable bonds is 2. The van der Waals surface area contributed by atoms with Crippen molar-refractivity contribution in [1.82, 2.24) is 0 Å². The Morgan fingerprint density at radius 1 is 1.71 bits per heavy atom. The number of allylic oxidation sites excluding steroid dienone is 1. The second kappa shape index (κ2) is 4.49. The molecule has 7 heavy (non-hydrogen) atoms. The lowest BCUT2D eigenvalue weighted by atomic mass is 10.5. The molecule has 0 aromatic carbocycles. The van der Waals surface area contributed by atoms with E-state index >= 15 is 0 Å². The first-order valence-electron chi connectivity index (χ1n) is 1.80. The topological polar surface area (TPSA) is 0 Å². The average molecular weight is 218 g/mol. The molecule has 0 spiro atoms. The van der Waals surface area contributed by atoms with Crippen LogP contribution < -0.4 is 0 Å². The van der Waals surface area contributed by atoms with Gasteiger partial charge in [0.05, 0.1) is 6.33 Å². The maximum atomic E-state index is 11.7. The zero-order valence-electron chi connectivity index (χ0n) is 3.57. The summed E-state index contributed by atoms with van der Waals surface area (Å²) in [6, 6.07) is 0. The maximum absolute atomic E-state index is 11.7. The Morgan fingerprint density at radius 3 is 2.43 bits per heavy atom. The van der Waals surface area contributed by atoms with Gasteiger partial charge in [-0.05, 0) is 22.6 Å². The molecule has 0 rings (SSSR count). The second-order valence-electron chi connectivity index (χ2n) is 0.988. The fourth-order valence-corrected chi connectivity index (χ4v) is 0.448. The molecule has 0 bridgehead atoms. The summed E-state index contributed by atoms with van der Waals surface area (Å²) in [7, 11) is 0. The van der Waals surface area contributed by atoms with Crippen LogP contribution >= 0.6 is 22.6 Å². The molecule has 0 saturated heterocycles. The Kier molecular flexibility index (Phi) is 4.70. The van der Waals surface area contributed by atoms with Crippen molar-refractivity contribution >= 4 is 22.6 Å². The molecule has 0 aliphatic carbocycles. The number of halogens is 3. The van der Waals surface area contributed by atoms with E-state index in [1.165, 1.54) is 0 Å². The first kappa shape index (κ1) is 7.33. The Morgan fingerprint density at radius 2 is 2.29 bits per heavy atom. The molecule has 0 aliphatic rings. The van der Waals surface area contributed by atoms with Gasteiger partial charge >= 0.3 is 0 Å². The minimum Gasteiger partial charge on any atom is -0.236 e. The summed E-state index contributed by atoms with van der Waals surface area (Å²) in [5, 5.41) is 0. The van der Waals surface area contributed by atoms with Crippen molar-refractivity contribution in [2.75, 3.05) is 0 Å². The predicted molar refractivity (Wildman–Crippen MR) is 33.8 cm³/mol. The van der Waals surface area contributed by atoms with Crippen LogP contribution in [0.25, 0.3) is 0 Å².